The standard InChI is InChI=1S/C21H17Cl2N9/c22-14-2-3-15(16(23)9-14)19-17(32-8-7-26-12-32)11-29-21(31-19)28-6-5-27-18-4-1-13(10-24)20(25)30-18/h1-4,7-9,11-12H,5-6H2,(H3,25,27,30)(H,28,29,31). The number of anilines is 3. The van der Waals surface area contributed by atoms with Crippen LogP contribution in [-0.2, 0) is 0 Å². The van der Waals surface area contributed by atoms with Gasteiger partial charge < -0.3 is 20.9 Å². The molecule has 0 saturated heterocycles. The van der Waals surface area contributed by atoms with E-state index in [1.54, 1.807) is 49.2 Å². The number of pyridine rings is 1. The van der Waals surface area contributed by atoms with Gasteiger partial charge in [0.2, 0.25) is 5.95 Å². The third-order valence-corrected chi connectivity index (χ3v) is 5.05. The number of nitrogens with two attached hydrogens (primary N) is 1. The summed E-state index contributed by atoms with van der Waals surface area (Å²) in [6.45, 7) is 1.04. The maximum Gasteiger partial charge on any atom is 0.223 e. The summed E-state index contributed by atoms with van der Waals surface area (Å²) in [7, 11) is 0. The first-order chi connectivity index (χ1) is 15.5. The van der Waals surface area contributed by atoms with Crippen LogP contribution in [0.2, 0.25) is 10.0 Å². The largest absolute Gasteiger partial charge is 0.383 e. The monoisotopic (exact) mass is 465 g/mol. The van der Waals surface area contributed by atoms with Crippen LogP contribution in [0.3, 0.4) is 0 Å². The fourth-order valence-electron chi connectivity index (χ4n) is 2.96. The number of hydrogen-bond donors (Lipinski definition) is 3. The number of nitrogens with one attached hydrogen (secondary N) is 2. The third kappa shape index (κ3) is 4.72. The quantitative estimate of drug-likeness (QED) is 0.349. The van der Waals surface area contributed by atoms with E-state index in [0.717, 1.165) is 11.3 Å². The van der Waals surface area contributed by atoms with Gasteiger partial charge in [-0.05, 0) is 30.3 Å². The first-order valence-corrected chi connectivity index (χ1v) is 10.3. The van der Waals surface area contributed by atoms with Crippen LogP contribution in [-0.4, -0.2) is 37.6 Å². The summed E-state index contributed by atoms with van der Waals surface area (Å²) in [6, 6.07) is 10.6. The van der Waals surface area contributed by atoms with E-state index in [2.05, 4.69) is 30.6 Å². The molecule has 0 unspecified atom stereocenters. The molecule has 0 radical (unpaired) electrons. The van der Waals surface area contributed by atoms with Gasteiger partial charge in [0.1, 0.15) is 23.4 Å². The van der Waals surface area contributed by atoms with Gasteiger partial charge in [0.15, 0.2) is 0 Å². The highest BCUT2D eigenvalue weighted by Gasteiger charge is 2.14. The maximum absolute atomic E-state index is 8.93. The van der Waals surface area contributed by atoms with E-state index < -0.39 is 0 Å². The molecule has 160 valence electrons. The zero-order valence-corrected chi connectivity index (χ0v) is 18.1. The second-order valence-electron chi connectivity index (χ2n) is 6.62. The second kappa shape index (κ2) is 9.51. The number of benzene rings is 1. The molecule has 3 aromatic heterocycles. The molecule has 0 bridgehead atoms. The van der Waals surface area contributed by atoms with Crippen molar-refractivity contribution in [2.45, 2.75) is 0 Å². The summed E-state index contributed by atoms with van der Waals surface area (Å²) >= 11 is 12.5. The van der Waals surface area contributed by atoms with Crippen molar-refractivity contribution in [3.05, 3.63) is 70.9 Å². The molecule has 0 spiro atoms. The van der Waals surface area contributed by atoms with Gasteiger partial charge in [-0.2, -0.15) is 5.26 Å². The number of nitrogens with zero attached hydrogens (tertiary/aromatic N) is 6. The Hall–Kier alpha value is -3.87. The molecule has 0 aliphatic rings. The molecule has 0 aliphatic heterocycles. The Morgan fingerprint density at radius 2 is 1.94 bits per heavy atom. The van der Waals surface area contributed by atoms with Gasteiger partial charge in [0, 0.05) is 36.1 Å². The molecule has 0 saturated carbocycles. The van der Waals surface area contributed by atoms with E-state index >= 15 is 0 Å². The lowest BCUT2D eigenvalue weighted by atomic mass is 10.1. The number of aromatic nitrogens is 5. The molecule has 0 fully saturated rings. The van der Waals surface area contributed by atoms with Crippen molar-refractivity contribution in [2.75, 3.05) is 29.5 Å². The minimum absolute atomic E-state index is 0.188. The predicted molar refractivity (Wildman–Crippen MR) is 125 cm³/mol. The fraction of sp³-hybridized carbons (Fsp3) is 0.0952. The third-order valence-electron chi connectivity index (χ3n) is 4.50. The maximum atomic E-state index is 8.93. The molecule has 0 aliphatic carbocycles. The molecule has 9 nitrogen and oxygen atoms in total. The van der Waals surface area contributed by atoms with Crippen molar-refractivity contribution in [1.29, 1.82) is 5.26 Å². The summed E-state index contributed by atoms with van der Waals surface area (Å²) in [4.78, 5) is 17.3. The Kier molecular flexibility index (Phi) is 6.35. The number of imidazole rings is 1. The Morgan fingerprint density at radius 1 is 1.09 bits per heavy atom. The molecule has 4 N–H and O–H groups in total. The molecule has 1 aromatic carbocycles. The SMILES string of the molecule is N#Cc1ccc(NCCNc2ncc(-n3ccnc3)c(-c3ccc(Cl)cc3Cl)n2)nc1N. The number of nitriles is 1. The minimum Gasteiger partial charge on any atom is -0.383 e. The smallest absolute Gasteiger partial charge is 0.223 e. The lowest BCUT2D eigenvalue weighted by Gasteiger charge is -2.13. The average molecular weight is 466 g/mol. The van der Waals surface area contributed by atoms with E-state index in [4.69, 9.17) is 34.2 Å². The van der Waals surface area contributed by atoms with Crippen LogP contribution in [0.1, 0.15) is 5.56 Å². The molecule has 0 atom stereocenters. The van der Waals surface area contributed by atoms with Gasteiger partial charge in [0.25, 0.3) is 0 Å². The molecule has 32 heavy (non-hydrogen) atoms. The summed E-state index contributed by atoms with van der Waals surface area (Å²) in [5.74, 6) is 1.20. The van der Waals surface area contributed by atoms with E-state index in [-0.39, 0.29) is 5.82 Å². The van der Waals surface area contributed by atoms with E-state index in [1.807, 2.05) is 16.7 Å². The number of rotatable bonds is 7. The van der Waals surface area contributed by atoms with Crippen LogP contribution in [0.4, 0.5) is 17.6 Å². The van der Waals surface area contributed by atoms with Gasteiger partial charge in [-0.25, -0.2) is 19.9 Å². The van der Waals surface area contributed by atoms with Gasteiger partial charge in [-0.3, -0.25) is 0 Å². The Bertz CT molecular complexity index is 1280. The Labute approximate surface area is 193 Å². The van der Waals surface area contributed by atoms with Crippen molar-refractivity contribution >= 4 is 40.8 Å². The highest BCUT2D eigenvalue weighted by molar-refractivity contribution is 6.36. The summed E-state index contributed by atoms with van der Waals surface area (Å²) < 4.78 is 1.81. The van der Waals surface area contributed by atoms with E-state index in [9.17, 15) is 0 Å². The molecule has 11 heteroatoms. The molecule has 4 aromatic rings. The zero-order valence-electron chi connectivity index (χ0n) is 16.6. The lowest BCUT2D eigenvalue weighted by molar-refractivity contribution is 0.985. The molecule has 0 amide bonds. The highest BCUT2D eigenvalue weighted by atomic mass is 35.5. The second-order valence-corrected chi connectivity index (χ2v) is 7.46. The average Bonchev–Trinajstić information content (AvgIpc) is 3.31. The minimum atomic E-state index is 0.188. The normalized spacial score (nSPS) is 10.5. The van der Waals surface area contributed by atoms with Crippen molar-refractivity contribution in [3.63, 3.8) is 0 Å². The summed E-state index contributed by atoms with van der Waals surface area (Å²) in [6.07, 6.45) is 6.85. The molecule has 3 heterocycles. The van der Waals surface area contributed by atoms with Gasteiger partial charge in [0.05, 0.1) is 28.8 Å². The van der Waals surface area contributed by atoms with Crippen molar-refractivity contribution < 1.29 is 0 Å². The zero-order chi connectivity index (χ0) is 22.5. The molecular formula is C21H17Cl2N9. The van der Waals surface area contributed by atoms with Gasteiger partial charge in [-0.15, -0.1) is 0 Å². The Balaban J connectivity index is 1.51. The number of nitrogen functional groups attached to an aromatic ring is 1. The highest BCUT2D eigenvalue weighted by Crippen LogP contribution is 2.33. The molecular weight excluding hydrogens is 449 g/mol. The van der Waals surface area contributed by atoms with E-state index in [0.29, 0.717) is 46.2 Å². The Morgan fingerprint density at radius 3 is 2.66 bits per heavy atom. The van der Waals surface area contributed by atoms with Crippen molar-refractivity contribution in [2.24, 2.45) is 0 Å². The topological polar surface area (TPSA) is 130 Å². The van der Waals surface area contributed by atoms with Crippen LogP contribution in [0.5, 0.6) is 0 Å². The fourth-order valence-corrected chi connectivity index (χ4v) is 3.46. The predicted octanol–water partition coefficient (Wildman–Crippen LogP) is 4.01. The molecule has 4 rings (SSSR count). The van der Waals surface area contributed by atoms with Crippen LogP contribution in [0.15, 0.2) is 55.2 Å². The number of halogens is 2. The summed E-state index contributed by atoms with van der Waals surface area (Å²) in [5.41, 5.74) is 8.17. The van der Waals surface area contributed by atoms with E-state index in [1.165, 1.54) is 0 Å². The summed E-state index contributed by atoms with van der Waals surface area (Å²) in [5, 5.41) is 16.3. The lowest BCUT2D eigenvalue weighted by Crippen LogP contribution is -2.16. The van der Waals surface area contributed by atoms with Crippen LogP contribution in [0, 0.1) is 11.3 Å². The van der Waals surface area contributed by atoms with Crippen LogP contribution in [0.25, 0.3) is 16.9 Å². The first-order valence-electron chi connectivity index (χ1n) is 9.50. The van der Waals surface area contributed by atoms with Crippen LogP contribution < -0.4 is 16.4 Å². The van der Waals surface area contributed by atoms with Gasteiger partial charge in [-0.1, -0.05) is 23.2 Å². The first kappa shape index (κ1) is 21.4. The van der Waals surface area contributed by atoms with Crippen molar-refractivity contribution in [3.8, 4) is 23.0 Å². The van der Waals surface area contributed by atoms with Crippen LogP contribution >= 0.6 is 23.2 Å². The van der Waals surface area contributed by atoms with Crippen molar-refractivity contribution in [1.82, 2.24) is 24.5 Å². The number of hydrogen-bond acceptors (Lipinski definition) is 8. The van der Waals surface area contributed by atoms with Gasteiger partial charge >= 0.3 is 0 Å².